The highest BCUT2D eigenvalue weighted by Gasteiger charge is 2.18. The van der Waals surface area contributed by atoms with E-state index in [4.69, 9.17) is 4.42 Å². The van der Waals surface area contributed by atoms with Gasteiger partial charge in [-0.25, -0.2) is 4.98 Å². The normalized spacial score (nSPS) is 12.6. The van der Waals surface area contributed by atoms with Crippen molar-refractivity contribution in [3.05, 3.63) is 36.8 Å². The van der Waals surface area contributed by atoms with Crippen molar-refractivity contribution in [2.24, 2.45) is 5.92 Å². The summed E-state index contributed by atoms with van der Waals surface area (Å²) < 4.78 is 6.60. The second-order valence-electron chi connectivity index (χ2n) is 4.45. The van der Waals surface area contributed by atoms with Gasteiger partial charge in [0.05, 0.1) is 24.4 Å². The molecular weight excluding hydrogens is 232 g/mol. The zero-order chi connectivity index (χ0) is 13.0. The molecule has 0 unspecified atom stereocenters. The number of nitrogens with zero attached hydrogens (tertiary/aromatic N) is 3. The summed E-state index contributed by atoms with van der Waals surface area (Å²) in [4.78, 5) is 15.8. The standard InChI is InChI=1S/C12H16N4O2/c1-9(2)11(5-16-8-13-7-14-16)15-12(17)10-3-4-18-6-10/h3-4,6-9,11H,5H2,1-2H3,(H,15,17)/t11-/m1/s1. The van der Waals surface area contributed by atoms with E-state index < -0.39 is 0 Å². The van der Waals surface area contributed by atoms with E-state index in [0.717, 1.165) is 0 Å². The van der Waals surface area contributed by atoms with E-state index in [1.807, 2.05) is 0 Å². The van der Waals surface area contributed by atoms with Crippen LogP contribution in [-0.2, 0) is 6.54 Å². The van der Waals surface area contributed by atoms with Gasteiger partial charge in [0, 0.05) is 0 Å². The van der Waals surface area contributed by atoms with E-state index in [1.165, 1.54) is 18.9 Å². The molecule has 1 N–H and O–H groups in total. The largest absolute Gasteiger partial charge is 0.472 e. The first-order chi connectivity index (χ1) is 8.66. The lowest BCUT2D eigenvalue weighted by atomic mass is 10.0. The average molecular weight is 248 g/mol. The van der Waals surface area contributed by atoms with Crippen LogP contribution in [0.3, 0.4) is 0 Å². The molecule has 2 rings (SSSR count). The Morgan fingerprint density at radius 2 is 2.39 bits per heavy atom. The van der Waals surface area contributed by atoms with E-state index in [1.54, 1.807) is 17.1 Å². The minimum Gasteiger partial charge on any atom is -0.472 e. The monoisotopic (exact) mass is 248 g/mol. The maximum absolute atomic E-state index is 11.9. The van der Waals surface area contributed by atoms with E-state index in [2.05, 4.69) is 29.2 Å². The van der Waals surface area contributed by atoms with Gasteiger partial charge in [0.2, 0.25) is 0 Å². The van der Waals surface area contributed by atoms with Crippen molar-refractivity contribution >= 4 is 5.91 Å². The molecule has 2 aromatic heterocycles. The van der Waals surface area contributed by atoms with Crippen LogP contribution in [0.5, 0.6) is 0 Å². The summed E-state index contributed by atoms with van der Waals surface area (Å²) in [5, 5.41) is 7.01. The first kappa shape index (κ1) is 12.3. The number of hydrogen-bond donors (Lipinski definition) is 1. The molecule has 1 amide bonds. The second-order valence-corrected chi connectivity index (χ2v) is 4.45. The Hall–Kier alpha value is -2.11. The van der Waals surface area contributed by atoms with Crippen molar-refractivity contribution in [3.63, 3.8) is 0 Å². The number of furan rings is 1. The SMILES string of the molecule is CC(C)[C@@H](Cn1cncn1)NC(=O)c1ccoc1. The molecule has 2 heterocycles. The number of hydrogen-bond acceptors (Lipinski definition) is 4. The number of carbonyl (C=O) groups is 1. The molecule has 0 radical (unpaired) electrons. The number of rotatable bonds is 5. The van der Waals surface area contributed by atoms with Gasteiger partial charge in [0.15, 0.2) is 0 Å². The number of carbonyl (C=O) groups excluding carboxylic acids is 1. The minimum absolute atomic E-state index is 0.00546. The number of aromatic nitrogens is 3. The van der Waals surface area contributed by atoms with Crippen molar-refractivity contribution in [3.8, 4) is 0 Å². The summed E-state index contributed by atoms with van der Waals surface area (Å²) in [6.45, 7) is 4.70. The van der Waals surface area contributed by atoms with Crippen LogP contribution >= 0.6 is 0 Å². The topological polar surface area (TPSA) is 73.0 Å². The molecule has 6 nitrogen and oxygen atoms in total. The maximum atomic E-state index is 11.9. The Kier molecular flexibility index (Phi) is 3.76. The van der Waals surface area contributed by atoms with Gasteiger partial charge >= 0.3 is 0 Å². The van der Waals surface area contributed by atoms with Gasteiger partial charge in [-0.3, -0.25) is 9.48 Å². The fraction of sp³-hybridized carbons (Fsp3) is 0.417. The van der Waals surface area contributed by atoms with Gasteiger partial charge in [0.25, 0.3) is 5.91 Å². The first-order valence-corrected chi connectivity index (χ1v) is 5.82. The smallest absolute Gasteiger partial charge is 0.254 e. The lowest BCUT2D eigenvalue weighted by Crippen LogP contribution is -2.41. The van der Waals surface area contributed by atoms with Crippen molar-refractivity contribution in [1.82, 2.24) is 20.1 Å². The Balaban J connectivity index is 2.00. The molecule has 6 heteroatoms. The Morgan fingerprint density at radius 1 is 1.56 bits per heavy atom. The Labute approximate surface area is 105 Å². The third-order valence-electron chi connectivity index (χ3n) is 2.75. The van der Waals surface area contributed by atoms with Crippen LogP contribution in [0.15, 0.2) is 35.7 Å². The third kappa shape index (κ3) is 2.97. The highest BCUT2D eigenvalue weighted by molar-refractivity contribution is 5.93. The molecule has 1 atom stereocenters. The van der Waals surface area contributed by atoms with Crippen LogP contribution in [0.25, 0.3) is 0 Å². The predicted molar refractivity (Wildman–Crippen MR) is 64.8 cm³/mol. The Bertz CT molecular complexity index is 476. The molecule has 0 saturated heterocycles. The number of nitrogens with one attached hydrogen (secondary N) is 1. The second kappa shape index (κ2) is 5.48. The molecule has 0 aliphatic carbocycles. The molecule has 96 valence electrons. The van der Waals surface area contributed by atoms with Crippen molar-refractivity contribution in [1.29, 1.82) is 0 Å². The molecule has 0 aliphatic heterocycles. The van der Waals surface area contributed by atoms with Gasteiger partial charge in [-0.05, 0) is 12.0 Å². The maximum Gasteiger partial charge on any atom is 0.254 e. The first-order valence-electron chi connectivity index (χ1n) is 5.82. The quantitative estimate of drug-likeness (QED) is 0.866. The van der Waals surface area contributed by atoms with Crippen LogP contribution in [0.4, 0.5) is 0 Å². The molecule has 0 saturated carbocycles. The molecule has 0 aromatic carbocycles. The summed E-state index contributed by atoms with van der Waals surface area (Å²) in [5.41, 5.74) is 0.527. The lowest BCUT2D eigenvalue weighted by Gasteiger charge is -2.21. The van der Waals surface area contributed by atoms with Crippen LogP contribution in [0, 0.1) is 5.92 Å². The van der Waals surface area contributed by atoms with Crippen molar-refractivity contribution < 1.29 is 9.21 Å². The van der Waals surface area contributed by atoms with Crippen LogP contribution in [0.1, 0.15) is 24.2 Å². The van der Waals surface area contributed by atoms with Crippen molar-refractivity contribution in [2.75, 3.05) is 0 Å². The summed E-state index contributed by atoms with van der Waals surface area (Å²) in [7, 11) is 0. The highest BCUT2D eigenvalue weighted by atomic mass is 16.3. The van der Waals surface area contributed by atoms with Crippen LogP contribution in [0.2, 0.25) is 0 Å². The highest BCUT2D eigenvalue weighted by Crippen LogP contribution is 2.07. The summed E-state index contributed by atoms with van der Waals surface area (Å²) in [6, 6.07) is 1.64. The van der Waals surface area contributed by atoms with Gasteiger partial charge < -0.3 is 9.73 Å². The van der Waals surface area contributed by atoms with Gasteiger partial charge in [-0.1, -0.05) is 13.8 Å². The molecule has 18 heavy (non-hydrogen) atoms. The van der Waals surface area contributed by atoms with E-state index in [0.29, 0.717) is 18.0 Å². The van der Waals surface area contributed by atoms with Gasteiger partial charge in [0.1, 0.15) is 18.9 Å². The zero-order valence-electron chi connectivity index (χ0n) is 10.4. The van der Waals surface area contributed by atoms with Gasteiger partial charge in [-0.2, -0.15) is 5.10 Å². The zero-order valence-corrected chi connectivity index (χ0v) is 10.4. The Morgan fingerprint density at radius 3 is 2.94 bits per heavy atom. The number of amides is 1. The van der Waals surface area contributed by atoms with Gasteiger partial charge in [-0.15, -0.1) is 0 Å². The van der Waals surface area contributed by atoms with Crippen molar-refractivity contribution in [2.45, 2.75) is 26.4 Å². The van der Waals surface area contributed by atoms with E-state index >= 15 is 0 Å². The molecule has 2 aromatic rings. The fourth-order valence-corrected chi connectivity index (χ4v) is 1.60. The lowest BCUT2D eigenvalue weighted by molar-refractivity contribution is 0.0918. The average Bonchev–Trinajstić information content (AvgIpc) is 3.00. The molecule has 0 spiro atoms. The van der Waals surface area contributed by atoms with E-state index in [-0.39, 0.29) is 11.9 Å². The summed E-state index contributed by atoms with van der Waals surface area (Å²) in [5.74, 6) is 0.160. The molecule has 0 bridgehead atoms. The van der Waals surface area contributed by atoms with Crippen LogP contribution in [-0.4, -0.2) is 26.7 Å². The van der Waals surface area contributed by atoms with E-state index in [9.17, 15) is 4.79 Å². The molecule has 0 aliphatic rings. The molecular formula is C12H16N4O2. The summed E-state index contributed by atoms with van der Waals surface area (Å²) in [6.07, 6.45) is 6.04. The predicted octanol–water partition coefficient (Wildman–Crippen LogP) is 1.33. The fourth-order valence-electron chi connectivity index (χ4n) is 1.60. The van der Waals surface area contributed by atoms with Crippen LogP contribution < -0.4 is 5.32 Å². The summed E-state index contributed by atoms with van der Waals surface area (Å²) >= 11 is 0. The minimum atomic E-state index is -0.137. The molecule has 0 fully saturated rings. The third-order valence-corrected chi connectivity index (χ3v) is 2.75.